The molecule has 0 radical (unpaired) electrons. The van der Waals surface area contributed by atoms with Crippen molar-refractivity contribution < 1.29 is 0 Å². The van der Waals surface area contributed by atoms with E-state index in [0.717, 1.165) is 22.2 Å². The average Bonchev–Trinajstić information content (AvgIpc) is 2.80. The van der Waals surface area contributed by atoms with Gasteiger partial charge >= 0.3 is 0 Å². The molecule has 0 amide bonds. The molecule has 0 atom stereocenters. The van der Waals surface area contributed by atoms with Crippen molar-refractivity contribution in [2.45, 2.75) is 0 Å². The predicted molar refractivity (Wildman–Crippen MR) is 82.6 cm³/mol. The van der Waals surface area contributed by atoms with Crippen molar-refractivity contribution in [1.29, 1.82) is 5.41 Å². The number of nitrogens with one attached hydrogen (secondary N) is 2. The number of hydrogen-bond donors (Lipinski definition) is 3. The molecule has 0 saturated heterocycles. The minimum absolute atomic E-state index is 0.0460. The number of fused-ring (bicyclic) bond motifs is 1. The van der Waals surface area contributed by atoms with Crippen molar-refractivity contribution in [1.82, 2.24) is 9.97 Å². The number of rotatable bonds is 2. The lowest BCUT2D eigenvalue weighted by atomic mass is 10.1. The quantitative estimate of drug-likeness (QED) is 0.382. The maximum atomic E-state index is 7.46. The molecule has 4 N–H and O–H groups in total. The highest BCUT2D eigenvalue weighted by Gasteiger charge is 2.07. The normalized spacial score (nSPS) is 10.9. The van der Waals surface area contributed by atoms with Crippen LogP contribution in [0.5, 0.6) is 0 Å². The first-order chi connectivity index (χ1) is 9.52. The van der Waals surface area contributed by atoms with Crippen LogP contribution in [0, 0.1) is 5.41 Å². The SMILES string of the molecule is N=C(N)c1ccc2[nH]c(-c3cc(Cl)nc(Cl)c3)cc2c1. The molecular formula is C14H10Cl2N4. The van der Waals surface area contributed by atoms with Crippen molar-refractivity contribution in [3.05, 3.63) is 52.3 Å². The summed E-state index contributed by atoms with van der Waals surface area (Å²) in [6.45, 7) is 0. The smallest absolute Gasteiger partial charge is 0.131 e. The fourth-order valence-electron chi connectivity index (χ4n) is 2.08. The largest absolute Gasteiger partial charge is 0.384 e. The van der Waals surface area contributed by atoms with Gasteiger partial charge in [-0.1, -0.05) is 23.2 Å². The van der Waals surface area contributed by atoms with Crippen molar-refractivity contribution in [3.63, 3.8) is 0 Å². The van der Waals surface area contributed by atoms with Crippen molar-refractivity contribution in [2.75, 3.05) is 0 Å². The van der Waals surface area contributed by atoms with Crippen LogP contribution in [0.25, 0.3) is 22.2 Å². The highest BCUT2D eigenvalue weighted by Crippen LogP contribution is 2.28. The Morgan fingerprint density at radius 3 is 2.45 bits per heavy atom. The maximum Gasteiger partial charge on any atom is 0.131 e. The fourth-order valence-corrected chi connectivity index (χ4v) is 2.54. The molecule has 0 fully saturated rings. The van der Waals surface area contributed by atoms with Gasteiger partial charge < -0.3 is 10.7 Å². The first-order valence-electron chi connectivity index (χ1n) is 5.83. The number of halogens is 2. The summed E-state index contributed by atoms with van der Waals surface area (Å²) < 4.78 is 0. The Morgan fingerprint density at radius 1 is 1.10 bits per heavy atom. The zero-order valence-corrected chi connectivity index (χ0v) is 11.8. The number of H-pyrrole nitrogens is 1. The molecule has 0 aliphatic carbocycles. The maximum absolute atomic E-state index is 7.46. The molecule has 0 unspecified atom stereocenters. The Hall–Kier alpha value is -2.04. The Morgan fingerprint density at radius 2 is 1.80 bits per heavy atom. The van der Waals surface area contributed by atoms with Crippen LogP contribution in [-0.2, 0) is 0 Å². The third kappa shape index (κ3) is 2.35. The van der Waals surface area contributed by atoms with Gasteiger partial charge in [-0.25, -0.2) is 4.98 Å². The van der Waals surface area contributed by atoms with E-state index in [9.17, 15) is 0 Å². The number of nitrogens with zero attached hydrogens (tertiary/aromatic N) is 1. The van der Waals surface area contributed by atoms with Gasteiger partial charge in [-0.05, 0) is 36.4 Å². The summed E-state index contributed by atoms with van der Waals surface area (Å²) in [7, 11) is 0. The standard InChI is InChI=1S/C14H10Cl2N4/c15-12-5-9(6-13(16)20-12)11-4-8-3-7(14(17)18)1-2-10(8)19-11/h1-6,19H,(H3,17,18). The Kier molecular flexibility index (Phi) is 3.12. The number of nitrogens with two attached hydrogens (primary N) is 1. The van der Waals surface area contributed by atoms with Gasteiger partial charge in [0.25, 0.3) is 0 Å². The summed E-state index contributed by atoms with van der Waals surface area (Å²) in [4.78, 5) is 7.20. The zero-order chi connectivity index (χ0) is 14.3. The minimum Gasteiger partial charge on any atom is -0.384 e. The van der Waals surface area contributed by atoms with Gasteiger partial charge in [0.2, 0.25) is 0 Å². The van der Waals surface area contributed by atoms with Crippen LogP contribution < -0.4 is 5.73 Å². The van der Waals surface area contributed by atoms with E-state index in [0.29, 0.717) is 15.9 Å². The van der Waals surface area contributed by atoms with Crippen LogP contribution in [0.3, 0.4) is 0 Å². The van der Waals surface area contributed by atoms with E-state index in [-0.39, 0.29) is 5.84 Å². The number of hydrogen-bond acceptors (Lipinski definition) is 2. The second kappa shape index (κ2) is 4.81. The lowest BCUT2D eigenvalue weighted by Crippen LogP contribution is -2.10. The summed E-state index contributed by atoms with van der Waals surface area (Å²) in [5, 5.41) is 9.12. The molecule has 3 rings (SSSR count). The van der Waals surface area contributed by atoms with E-state index in [1.54, 1.807) is 18.2 Å². The van der Waals surface area contributed by atoms with Gasteiger partial charge in [-0.15, -0.1) is 0 Å². The third-order valence-corrected chi connectivity index (χ3v) is 3.39. The Labute approximate surface area is 125 Å². The average molecular weight is 305 g/mol. The summed E-state index contributed by atoms with van der Waals surface area (Å²) in [6, 6.07) is 11.0. The molecule has 2 heterocycles. The van der Waals surface area contributed by atoms with Crippen LogP contribution >= 0.6 is 23.2 Å². The molecule has 4 nitrogen and oxygen atoms in total. The van der Waals surface area contributed by atoms with Gasteiger partial charge in [0.15, 0.2) is 0 Å². The molecule has 0 bridgehead atoms. The van der Waals surface area contributed by atoms with Crippen LogP contribution in [0.4, 0.5) is 0 Å². The van der Waals surface area contributed by atoms with Gasteiger partial charge in [0.1, 0.15) is 16.1 Å². The lowest BCUT2D eigenvalue weighted by molar-refractivity contribution is 1.32. The molecule has 2 aromatic heterocycles. The fraction of sp³-hybridized carbons (Fsp3) is 0. The highest BCUT2D eigenvalue weighted by molar-refractivity contribution is 6.32. The predicted octanol–water partition coefficient (Wildman–Crippen LogP) is 3.82. The van der Waals surface area contributed by atoms with E-state index in [2.05, 4.69) is 9.97 Å². The highest BCUT2D eigenvalue weighted by atomic mass is 35.5. The molecule has 0 aliphatic heterocycles. The van der Waals surface area contributed by atoms with E-state index in [1.165, 1.54) is 0 Å². The van der Waals surface area contributed by atoms with Crippen molar-refractivity contribution in [2.24, 2.45) is 5.73 Å². The molecule has 100 valence electrons. The van der Waals surface area contributed by atoms with Gasteiger partial charge in [0.05, 0.1) is 0 Å². The Balaban J connectivity index is 2.15. The number of aromatic amines is 1. The van der Waals surface area contributed by atoms with Crippen LogP contribution in [0.15, 0.2) is 36.4 Å². The summed E-state index contributed by atoms with van der Waals surface area (Å²) in [5.41, 5.74) is 8.87. The van der Waals surface area contributed by atoms with Crippen LogP contribution in [-0.4, -0.2) is 15.8 Å². The van der Waals surface area contributed by atoms with E-state index in [1.807, 2.05) is 18.2 Å². The number of nitrogen functional groups attached to an aromatic ring is 1. The number of aromatic nitrogens is 2. The van der Waals surface area contributed by atoms with E-state index >= 15 is 0 Å². The first-order valence-corrected chi connectivity index (χ1v) is 6.59. The topological polar surface area (TPSA) is 78.5 Å². The molecule has 3 aromatic rings. The minimum atomic E-state index is 0.0460. The van der Waals surface area contributed by atoms with Gasteiger partial charge in [-0.2, -0.15) is 0 Å². The van der Waals surface area contributed by atoms with Crippen molar-refractivity contribution in [3.8, 4) is 11.3 Å². The molecule has 1 aromatic carbocycles. The molecular weight excluding hydrogens is 295 g/mol. The van der Waals surface area contributed by atoms with Crippen LogP contribution in [0.1, 0.15) is 5.56 Å². The van der Waals surface area contributed by atoms with Gasteiger partial charge in [-0.3, -0.25) is 5.41 Å². The molecule has 6 heteroatoms. The van der Waals surface area contributed by atoms with Crippen LogP contribution in [0.2, 0.25) is 10.3 Å². The second-order valence-electron chi connectivity index (χ2n) is 4.40. The Bertz CT molecular complexity index is 803. The van der Waals surface area contributed by atoms with Crippen molar-refractivity contribution >= 4 is 39.9 Å². The third-order valence-electron chi connectivity index (χ3n) is 3.01. The summed E-state index contributed by atoms with van der Waals surface area (Å²) in [6.07, 6.45) is 0. The molecule has 0 saturated carbocycles. The van der Waals surface area contributed by atoms with Gasteiger partial charge in [0, 0.05) is 27.7 Å². The zero-order valence-electron chi connectivity index (χ0n) is 10.2. The number of amidine groups is 1. The number of benzene rings is 1. The summed E-state index contributed by atoms with van der Waals surface area (Å²) >= 11 is 11.8. The first kappa shape index (κ1) is 13.0. The number of pyridine rings is 1. The monoisotopic (exact) mass is 304 g/mol. The summed E-state index contributed by atoms with van der Waals surface area (Å²) in [5.74, 6) is 0.0460. The molecule has 20 heavy (non-hydrogen) atoms. The lowest BCUT2D eigenvalue weighted by Gasteiger charge is -1.99. The van der Waals surface area contributed by atoms with E-state index < -0.39 is 0 Å². The second-order valence-corrected chi connectivity index (χ2v) is 5.17. The van der Waals surface area contributed by atoms with E-state index in [4.69, 9.17) is 34.3 Å². The molecule has 0 aliphatic rings. The molecule has 0 spiro atoms.